The van der Waals surface area contributed by atoms with Gasteiger partial charge in [-0.15, -0.1) is 0 Å². The van der Waals surface area contributed by atoms with Crippen LogP contribution in [0.25, 0.3) is 6.08 Å². The van der Waals surface area contributed by atoms with Crippen LogP contribution in [0, 0.1) is 0 Å². The van der Waals surface area contributed by atoms with E-state index >= 15 is 0 Å². The standard InChI is InChI=1S/C20H31N3O/c1-2-4-20-18(3-1)19(15-22-20)16-5-10-23(11-6-16)12-7-17-8-13-24-14-9-21-17/h2,4,15-17,21-22H,1,3,5-14H2. The first kappa shape index (κ1) is 16.4. The Morgan fingerprint density at radius 1 is 1.17 bits per heavy atom. The maximum atomic E-state index is 5.53. The number of likely N-dealkylation sites (tertiary alicyclic amines) is 1. The third-order valence-corrected chi connectivity index (χ3v) is 6.01. The Labute approximate surface area is 145 Å². The highest BCUT2D eigenvalue weighted by atomic mass is 16.5. The van der Waals surface area contributed by atoms with Crippen molar-refractivity contribution < 1.29 is 4.74 Å². The zero-order valence-electron chi connectivity index (χ0n) is 14.7. The fraction of sp³-hybridized carbons (Fsp3) is 0.700. The van der Waals surface area contributed by atoms with Crippen LogP contribution >= 0.6 is 0 Å². The first-order valence-corrected chi connectivity index (χ1v) is 9.80. The molecule has 24 heavy (non-hydrogen) atoms. The van der Waals surface area contributed by atoms with Crippen LogP contribution in [0.4, 0.5) is 0 Å². The lowest BCUT2D eigenvalue weighted by molar-refractivity contribution is 0.148. The highest BCUT2D eigenvalue weighted by molar-refractivity contribution is 5.55. The van der Waals surface area contributed by atoms with Crippen LogP contribution in [-0.4, -0.2) is 55.3 Å². The van der Waals surface area contributed by atoms with Crippen LogP contribution in [0.3, 0.4) is 0 Å². The molecule has 1 atom stereocenters. The molecule has 0 aromatic carbocycles. The summed E-state index contributed by atoms with van der Waals surface area (Å²) in [5.41, 5.74) is 4.57. The van der Waals surface area contributed by atoms with Crippen molar-refractivity contribution in [3.63, 3.8) is 0 Å². The van der Waals surface area contributed by atoms with Crippen LogP contribution in [0.2, 0.25) is 0 Å². The van der Waals surface area contributed by atoms with Gasteiger partial charge in [-0.05, 0) is 81.3 Å². The Morgan fingerprint density at radius 3 is 3.00 bits per heavy atom. The average molecular weight is 329 g/mol. The quantitative estimate of drug-likeness (QED) is 0.892. The number of ether oxygens (including phenoxy) is 1. The van der Waals surface area contributed by atoms with Crippen molar-refractivity contribution in [1.82, 2.24) is 15.2 Å². The van der Waals surface area contributed by atoms with E-state index in [1.54, 1.807) is 11.1 Å². The van der Waals surface area contributed by atoms with Crippen molar-refractivity contribution in [1.29, 1.82) is 0 Å². The second kappa shape index (κ2) is 7.85. The molecule has 2 N–H and O–H groups in total. The molecular weight excluding hydrogens is 298 g/mol. The minimum Gasteiger partial charge on any atom is -0.380 e. The Kier molecular flexibility index (Phi) is 5.36. The highest BCUT2D eigenvalue weighted by Crippen LogP contribution is 2.34. The SMILES string of the molecule is C1=Cc2[nH]cc(C3CCN(CCC4CCOCCN4)CC3)c2CC1. The molecular formula is C20H31N3O. The molecule has 3 aliphatic rings. The Morgan fingerprint density at radius 2 is 2.08 bits per heavy atom. The van der Waals surface area contributed by atoms with Crippen molar-refractivity contribution in [2.75, 3.05) is 39.4 Å². The van der Waals surface area contributed by atoms with E-state index in [1.165, 1.54) is 63.9 Å². The van der Waals surface area contributed by atoms with E-state index in [2.05, 4.69) is 33.5 Å². The average Bonchev–Trinajstić information content (AvgIpc) is 2.88. The Hall–Kier alpha value is -1.10. The van der Waals surface area contributed by atoms with Gasteiger partial charge in [-0.25, -0.2) is 0 Å². The lowest BCUT2D eigenvalue weighted by atomic mass is 9.86. The summed E-state index contributed by atoms with van der Waals surface area (Å²) in [6.07, 6.45) is 14.3. The molecule has 0 saturated carbocycles. The number of allylic oxidation sites excluding steroid dienone is 1. The van der Waals surface area contributed by atoms with Crippen molar-refractivity contribution in [3.05, 3.63) is 29.1 Å². The molecule has 0 radical (unpaired) electrons. The van der Waals surface area contributed by atoms with Gasteiger partial charge in [0.1, 0.15) is 0 Å². The highest BCUT2D eigenvalue weighted by Gasteiger charge is 2.25. The lowest BCUT2D eigenvalue weighted by Gasteiger charge is -2.33. The summed E-state index contributed by atoms with van der Waals surface area (Å²) >= 11 is 0. The predicted molar refractivity (Wildman–Crippen MR) is 98.4 cm³/mol. The minimum absolute atomic E-state index is 0.647. The molecule has 2 aliphatic heterocycles. The van der Waals surface area contributed by atoms with Crippen molar-refractivity contribution in [2.24, 2.45) is 0 Å². The number of hydrogen-bond donors (Lipinski definition) is 2. The largest absolute Gasteiger partial charge is 0.380 e. The van der Waals surface area contributed by atoms with E-state index in [0.717, 1.165) is 25.7 Å². The Bertz CT molecular complexity index is 549. The van der Waals surface area contributed by atoms with Gasteiger partial charge >= 0.3 is 0 Å². The fourth-order valence-electron chi connectivity index (χ4n) is 4.52. The van der Waals surface area contributed by atoms with Crippen LogP contribution in [0.1, 0.15) is 54.8 Å². The van der Waals surface area contributed by atoms with E-state index < -0.39 is 0 Å². The third-order valence-electron chi connectivity index (χ3n) is 6.01. The van der Waals surface area contributed by atoms with E-state index in [-0.39, 0.29) is 0 Å². The van der Waals surface area contributed by atoms with E-state index in [1.807, 2.05) is 0 Å². The van der Waals surface area contributed by atoms with Gasteiger partial charge in [0.15, 0.2) is 0 Å². The smallest absolute Gasteiger partial charge is 0.0591 e. The number of aromatic nitrogens is 1. The van der Waals surface area contributed by atoms with E-state index in [0.29, 0.717) is 6.04 Å². The van der Waals surface area contributed by atoms with Gasteiger partial charge in [-0.3, -0.25) is 0 Å². The topological polar surface area (TPSA) is 40.3 Å². The molecule has 3 heterocycles. The second-order valence-electron chi connectivity index (χ2n) is 7.53. The molecule has 1 aromatic heterocycles. The first-order valence-electron chi connectivity index (χ1n) is 9.80. The fourth-order valence-corrected chi connectivity index (χ4v) is 4.52. The molecule has 1 unspecified atom stereocenters. The molecule has 1 aliphatic carbocycles. The van der Waals surface area contributed by atoms with Crippen LogP contribution in [0.5, 0.6) is 0 Å². The van der Waals surface area contributed by atoms with Gasteiger partial charge in [0.2, 0.25) is 0 Å². The van der Waals surface area contributed by atoms with Gasteiger partial charge < -0.3 is 19.9 Å². The van der Waals surface area contributed by atoms with Gasteiger partial charge in [-0.1, -0.05) is 6.08 Å². The molecule has 132 valence electrons. The number of rotatable bonds is 4. The number of nitrogens with zero attached hydrogens (tertiary/aromatic N) is 1. The van der Waals surface area contributed by atoms with Gasteiger partial charge in [-0.2, -0.15) is 0 Å². The molecule has 0 amide bonds. The number of aromatic amines is 1. The summed E-state index contributed by atoms with van der Waals surface area (Å²) in [4.78, 5) is 6.16. The van der Waals surface area contributed by atoms with Crippen molar-refractivity contribution in [2.45, 2.75) is 50.5 Å². The van der Waals surface area contributed by atoms with Crippen LogP contribution in [0.15, 0.2) is 12.3 Å². The number of H-pyrrole nitrogens is 1. The summed E-state index contributed by atoms with van der Waals surface area (Å²) in [7, 11) is 0. The monoisotopic (exact) mass is 329 g/mol. The molecule has 0 spiro atoms. The zero-order valence-corrected chi connectivity index (χ0v) is 14.7. The summed E-state index contributed by atoms with van der Waals surface area (Å²) in [6.45, 7) is 6.55. The summed E-state index contributed by atoms with van der Waals surface area (Å²) in [5.74, 6) is 0.761. The van der Waals surface area contributed by atoms with Crippen LogP contribution in [-0.2, 0) is 11.2 Å². The zero-order chi connectivity index (χ0) is 16.2. The summed E-state index contributed by atoms with van der Waals surface area (Å²) < 4.78 is 5.53. The number of piperidine rings is 1. The second-order valence-corrected chi connectivity index (χ2v) is 7.53. The van der Waals surface area contributed by atoms with E-state index in [4.69, 9.17) is 4.74 Å². The molecule has 0 bridgehead atoms. The normalized spacial score (nSPS) is 26.2. The molecule has 2 fully saturated rings. The predicted octanol–water partition coefficient (Wildman–Crippen LogP) is 2.92. The van der Waals surface area contributed by atoms with E-state index in [9.17, 15) is 0 Å². The number of fused-ring (bicyclic) bond motifs is 1. The molecule has 4 heteroatoms. The molecule has 1 aromatic rings. The van der Waals surface area contributed by atoms with Crippen molar-refractivity contribution in [3.8, 4) is 0 Å². The number of hydrogen-bond acceptors (Lipinski definition) is 3. The number of nitrogens with one attached hydrogen (secondary N) is 2. The van der Waals surface area contributed by atoms with Crippen LogP contribution < -0.4 is 5.32 Å². The Balaban J connectivity index is 1.26. The molecule has 4 nitrogen and oxygen atoms in total. The lowest BCUT2D eigenvalue weighted by Crippen LogP contribution is -2.38. The maximum absolute atomic E-state index is 5.53. The van der Waals surface area contributed by atoms with Crippen molar-refractivity contribution >= 4 is 6.08 Å². The molecule has 2 saturated heterocycles. The summed E-state index contributed by atoms with van der Waals surface area (Å²) in [6, 6.07) is 0.647. The maximum Gasteiger partial charge on any atom is 0.0591 e. The van der Waals surface area contributed by atoms with Gasteiger partial charge in [0.25, 0.3) is 0 Å². The third kappa shape index (κ3) is 3.76. The van der Waals surface area contributed by atoms with Gasteiger partial charge in [0.05, 0.1) is 6.61 Å². The summed E-state index contributed by atoms with van der Waals surface area (Å²) in [5, 5.41) is 3.62. The van der Waals surface area contributed by atoms with Gasteiger partial charge in [0, 0.05) is 31.1 Å². The minimum atomic E-state index is 0.647. The molecule has 4 rings (SSSR count). The first-order chi connectivity index (χ1) is 11.9.